The summed E-state index contributed by atoms with van der Waals surface area (Å²) in [6, 6.07) is 16.4. The van der Waals surface area contributed by atoms with Crippen molar-refractivity contribution < 1.29 is 4.79 Å². The summed E-state index contributed by atoms with van der Waals surface area (Å²) >= 11 is 1.54. The van der Waals surface area contributed by atoms with Crippen LogP contribution in [-0.2, 0) is 17.6 Å². The Hall–Kier alpha value is -2.53. The SMILES string of the molecule is Cc1cccc(C)c1NC(=O)C(C)Sc1nc2c(n1-c1ccccc1)CCCC2. The van der Waals surface area contributed by atoms with E-state index in [-0.39, 0.29) is 11.2 Å². The average Bonchev–Trinajstić information content (AvgIpc) is 3.09. The Bertz CT molecular complexity index is 1010. The van der Waals surface area contributed by atoms with Crippen LogP contribution in [-0.4, -0.2) is 20.7 Å². The Labute approximate surface area is 176 Å². The summed E-state index contributed by atoms with van der Waals surface area (Å²) in [7, 11) is 0. The number of aromatic nitrogens is 2. The van der Waals surface area contributed by atoms with Crippen LogP contribution in [0.5, 0.6) is 0 Å². The van der Waals surface area contributed by atoms with Crippen LogP contribution in [0.1, 0.15) is 42.3 Å². The number of carbonyl (C=O) groups is 1. The number of aryl methyl sites for hydroxylation is 3. The van der Waals surface area contributed by atoms with Gasteiger partial charge in [0.15, 0.2) is 5.16 Å². The summed E-state index contributed by atoms with van der Waals surface area (Å²) in [5.74, 6) is 0.00739. The number of fused-ring (bicyclic) bond motifs is 1. The van der Waals surface area contributed by atoms with Gasteiger partial charge in [-0.25, -0.2) is 4.98 Å². The zero-order valence-electron chi connectivity index (χ0n) is 17.2. The normalized spacial score (nSPS) is 14.3. The second-order valence-electron chi connectivity index (χ2n) is 7.68. The van der Waals surface area contributed by atoms with Crippen LogP contribution in [0.3, 0.4) is 0 Å². The van der Waals surface area contributed by atoms with Gasteiger partial charge in [0.2, 0.25) is 5.91 Å². The molecule has 0 spiro atoms. The van der Waals surface area contributed by atoms with Gasteiger partial charge in [-0.2, -0.15) is 0 Å². The third-order valence-corrected chi connectivity index (χ3v) is 6.55. The van der Waals surface area contributed by atoms with Gasteiger partial charge in [0, 0.05) is 17.1 Å². The van der Waals surface area contributed by atoms with E-state index in [0.717, 1.165) is 40.5 Å². The summed E-state index contributed by atoms with van der Waals surface area (Å²) in [5, 5.41) is 3.78. The summed E-state index contributed by atoms with van der Waals surface area (Å²) in [6.45, 7) is 6.00. The van der Waals surface area contributed by atoms with Crippen molar-refractivity contribution in [3.05, 3.63) is 71.0 Å². The zero-order chi connectivity index (χ0) is 20.4. The van der Waals surface area contributed by atoms with Gasteiger partial charge in [0.1, 0.15) is 0 Å². The first-order chi connectivity index (χ1) is 14.0. The zero-order valence-corrected chi connectivity index (χ0v) is 18.1. The monoisotopic (exact) mass is 405 g/mol. The molecule has 1 aromatic heterocycles. The van der Waals surface area contributed by atoms with E-state index < -0.39 is 0 Å². The van der Waals surface area contributed by atoms with Gasteiger partial charge in [-0.05, 0) is 69.7 Å². The standard InChI is InChI=1S/C24H27N3OS/c1-16-10-9-11-17(2)22(16)26-23(28)18(3)29-24-25-20-14-7-8-15-21(20)27(24)19-12-5-4-6-13-19/h4-6,9-13,18H,7-8,14-15H2,1-3H3,(H,26,28). The van der Waals surface area contributed by atoms with Crippen LogP contribution in [0, 0.1) is 13.8 Å². The van der Waals surface area contributed by atoms with Gasteiger partial charge in [-0.15, -0.1) is 0 Å². The number of nitrogens with zero attached hydrogens (tertiary/aromatic N) is 2. The Morgan fingerprint density at radius 3 is 2.45 bits per heavy atom. The third-order valence-electron chi connectivity index (χ3n) is 5.50. The van der Waals surface area contributed by atoms with Gasteiger partial charge in [-0.1, -0.05) is 48.2 Å². The number of hydrogen-bond acceptors (Lipinski definition) is 3. The number of anilines is 1. The highest BCUT2D eigenvalue weighted by Crippen LogP contribution is 2.33. The molecule has 29 heavy (non-hydrogen) atoms. The van der Waals surface area contributed by atoms with Crippen LogP contribution in [0.15, 0.2) is 53.7 Å². The van der Waals surface area contributed by atoms with Gasteiger partial charge in [0.25, 0.3) is 0 Å². The third kappa shape index (κ3) is 4.10. The molecule has 5 heteroatoms. The molecule has 4 nitrogen and oxygen atoms in total. The fourth-order valence-corrected chi connectivity index (χ4v) is 4.85. The molecule has 2 aromatic carbocycles. The molecule has 1 atom stereocenters. The van der Waals surface area contributed by atoms with Gasteiger partial charge >= 0.3 is 0 Å². The second-order valence-corrected chi connectivity index (χ2v) is 8.99. The lowest BCUT2D eigenvalue weighted by Crippen LogP contribution is -2.24. The van der Waals surface area contributed by atoms with E-state index in [4.69, 9.17) is 4.98 Å². The molecule has 1 aliphatic carbocycles. The number of carbonyl (C=O) groups excluding carboxylic acids is 1. The van der Waals surface area contributed by atoms with E-state index in [1.165, 1.54) is 36.0 Å². The van der Waals surface area contributed by atoms with Gasteiger partial charge in [-0.3, -0.25) is 9.36 Å². The summed E-state index contributed by atoms with van der Waals surface area (Å²) in [5.41, 5.74) is 6.68. The fraction of sp³-hybridized carbons (Fsp3) is 0.333. The minimum Gasteiger partial charge on any atom is -0.325 e. The van der Waals surface area contributed by atoms with Gasteiger partial charge in [0.05, 0.1) is 10.9 Å². The number of para-hydroxylation sites is 2. The lowest BCUT2D eigenvalue weighted by Gasteiger charge is -2.17. The number of hydrogen-bond donors (Lipinski definition) is 1. The summed E-state index contributed by atoms with van der Waals surface area (Å²) in [4.78, 5) is 17.9. The Kier molecular flexibility index (Phi) is 5.76. The maximum absolute atomic E-state index is 12.9. The van der Waals surface area contributed by atoms with Crippen LogP contribution < -0.4 is 5.32 Å². The molecule has 0 saturated heterocycles. The maximum atomic E-state index is 12.9. The lowest BCUT2D eigenvalue weighted by molar-refractivity contribution is -0.115. The van der Waals surface area contributed by atoms with Crippen LogP contribution >= 0.6 is 11.8 Å². The first-order valence-corrected chi connectivity index (χ1v) is 11.1. The Morgan fingerprint density at radius 2 is 1.72 bits per heavy atom. The van der Waals surface area contributed by atoms with E-state index in [0.29, 0.717) is 0 Å². The van der Waals surface area contributed by atoms with Crippen molar-refractivity contribution in [2.45, 2.75) is 56.9 Å². The maximum Gasteiger partial charge on any atom is 0.237 e. The fourth-order valence-electron chi connectivity index (χ4n) is 3.89. The molecule has 1 unspecified atom stereocenters. The molecule has 0 aliphatic heterocycles. The molecule has 3 aromatic rings. The minimum atomic E-state index is -0.250. The molecule has 1 N–H and O–H groups in total. The molecule has 0 saturated carbocycles. The minimum absolute atomic E-state index is 0.00739. The van der Waals surface area contributed by atoms with Crippen molar-refractivity contribution in [3.8, 4) is 5.69 Å². The smallest absolute Gasteiger partial charge is 0.237 e. The average molecular weight is 406 g/mol. The first kappa shape index (κ1) is 19.8. The number of thioether (sulfide) groups is 1. The van der Waals surface area contributed by atoms with E-state index in [9.17, 15) is 4.79 Å². The van der Waals surface area contributed by atoms with Crippen molar-refractivity contribution in [2.24, 2.45) is 0 Å². The number of nitrogens with one attached hydrogen (secondary N) is 1. The molecule has 0 bridgehead atoms. The van der Waals surface area contributed by atoms with E-state index in [2.05, 4.69) is 34.1 Å². The highest BCUT2D eigenvalue weighted by molar-refractivity contribution is 8.00. The summed E-state index contributed by atoms with van der Waals surface area (Å²) in [6.07, 6.45) is 4.44. The largest absolute Gasteiger partial charge is 0.325 e. The van der Waals surface area contributed by atoms with Crippen LogP contribution in [0.2, 0.25) is 0 Å². The van der Waals surface area contributed by atoms with Crippen molar-refractivity contribution in [3.63, 3.8) is 0 Å². The Morgan fingerprint density at radius 1 is 1.03 bits per heavy atom. The lowest BCUT2D eigenvalue weighted by atomic mass is 10.0. The number of imidazole rings is 1. The van der Waals surface area contributed by atoms with Gasteiger partial charge < -0.3 is 5.32 Å². The predicted molar refractivity (Wildman–Crippen MR) is 120 cm³/mol. The molecule has 1 amide bonds. The predicted octanol–water partition coefficient (Wildman–Crippen LogP) is 5.49. The molecule has 0 fully saturated rings. The van der Waals surface area contributed by atoms with Crippen LogP contribution in [0.4, 0.5) is 5.69 Å². The van der Waals surface area contributed by atoms with Crippen molar-refractivity contribution in [1.82, 2.24) is 9.55 Å². The Balaban J connectivity index is 1.60. The quantitative estimate of drug-likeness (QED) is 0.571. The summed E-state index contributed by atoms with van der Waals surface area (Å²) < 4.78 is 2.25. The molecule has 1 aliphatic rings. The molecular weight excluding hydrogens is 378 g/mol. The van der Waals surface area contributed by atoms with Crippen LogP contribution in [0.25, 0.3) is 5.69 Å². The molecular formula is C24H27N3OS. The van der Waals surface area contributed by atoms with Crippen molar-refractivity contribution in [1.29, 1.82) is 0 Å². The number of amides is 1. The molecule has 0 radical (unpaired) electrons. The topological polar surface area (TPSA) is 46.9 Å². The molecule has 150 valence electrons. The molecule has 4 rings (SSSR count). The number of benzene rings is 2. The van der Waals surface area contributed by atoms with Crippen molar-refractivity contribution in [2.75, 3.05) is 5.32 Å². The highest BCUT2D eigenvalue weighted by atomic mass is 32.2. The molecule has 1 heterocycles. The van der Waals surface area contributed by atoms with E-state index >= 15 is 0 Å². The van der Waals surface area contributed by atoms with Crippen molar-refractivity contribution >= 4 is 23.4 Å². The number of rotatable bonds is 5. The second kappa shape index (κ2) is 8.46. The first-order valence-electron chi connectivity index (χ1n) is 10.2. The highest BCUT2D eigenvalue weighted by Gasteiger charge is 2.25. The van der Waals surface area contributed by atoms with E-state index in [1.807, 2.05) is 45.0 Å². The van der Waals surface area contributed by atoms with E-state index in [1.54, 1.807) is 0 Å².